The zero-order chi connectivity index (χ0) is 17.5. The SMILES string of the molecule is CC(C)CCN(CCC(C)C)C(=O)c1ccn(C2CCCNC2)n1. The van der Waals surface area contributed by atoms with E-state index in [1.165, 1.54) is 6.42 Å². The number of amides is 1. The molecular weight excluding hydrogens is 300 g/mol. The molecule has 0 aromatic carbocycles. The molecule has 1 atom stereocenters. The Balaban J connectivity index is 2.02. The van der Waals surface area contributed by atoms with Crippen molar-refractivity contribution in [3.8, 4) is 0 Å². The molecule has 0 aliphatic carbocycles. The Morgan fingerprint density at radius 2 is 1.96 bits per heavy atom. The first-order valence-electron chi connectivity index (χ1n) is 9.52. The van der Waals surface area contributed by atoms with Gasteiger partial charge in [-0.1, -0.05) is 27.7 Å². The van der Waals surface area contributed by atoms with E-state index in [-0.39, 0.29) is 5.91 Å². The summed E-state index contributed by atoms with van der Waals surface area (Å²) in [5.41, 5.74) is 0.591. The van der Waals surface area contributed by atoms with Crippen LogP contribution in [0.1, 0.15) is 69.9 Å². The molecule has 24 heavy (non-hydrogen) atoms. The van der Waals surface area contributed by atoms with Crippen molar-refractivity contribution >= 4 is 5.91 Å². The lowest BCUT2D eigenvalue weighted by Crippen LogP contribution is -2.35. The van der Waals surface area contributed by atoms with Gasteiger partial charge in [-0.25, -0.2) is 0 Å². The van der Waals surface area contributed by atoms with Crippen molar-refractivity contribution in [1.29, 1.82) is 0 Å². The van der Waals surface area contributed by atoms with Gasteiger partial charge in [-0.2, -0.15) is 5.10 Å². The monoisotopic (exact) mass is 334 g/mol. The first-order chi connectivity index (χ1) is 11.5. The quantitative estimate of drug-likeness (QED) is 0.793. The highest BCUT2D eigenvalue weighted by Gasteiger charge is 2.21. The number of aromatic nitrogens is 2. The van der Waals surface area contributed by atoms with Gasteiger partial charge in [0, 0.05) is 25.8 Å². The maximum absolute atomic E-state index is 12.9. The van der Waals surface area contributed by atoms with Crippen molar-refractivity contribution in [2.75, 3.05) is 26.2 Å². The predicted octanol–water partition coefficient (Wildman–Crippen LogP) is 3.34. The third-order valence-electron chi connectivity index (χ3n) is 4.71. The summed E-state index contributed by atoms with van der Waals surface area (Å²) in [6.45, 7) is 12.5. The fraction of sp³-hybridized carbons (Fsp3) is 0.789. The van der Waals surface area contributed by atoms with Crippen molar-refractivity contribution in [3.63, 3.8) is 0 Å². The molecule has 0 saturated carbocycles. The Morgan fingerprint density at radius 1 is 1.29 bits per heavy atom. The van der Waals surface area contributed by atoms with Crippen molar-refractivity contribution in [2.24, 2.45) is 11.8 Å². The van der Waals surface area contributed by atoms with Gasteiger partial charge in [0.05, 0.1) is 6.04 Å². The van der Waals surface area contributed by atoms with E-state index >= 15 is 0 Å². The highest BCUT2D eigenvalue weighted by atomic mass is 16.2. The second-order valence-electron chi connectivity index (χ2n) is 7.84. The molecule has 1 aliphatic rings. The minimum atomic E-state index is 0.0822. The van der Waals surface area contributed by atoms with E-state index in [4.69, 9.17) is 0 Å². The molecule has 1 aromatic rings. The van der Waals surface area contributed by atoms with Gasteiger partial charge >= 0.3 is 0 Å². The van der Waals surface area contributed by atoms with Crippen LogP contribution in [0.3, 0.4) is 0 Å². The average molecular weight is 335 g/mol. The van der Waals surface area contributed by atoms with Gasteiger partial charge in [0.1, 0.15) is 5.69 Å². The smallest absolute Gasteiger partial charge is 0.274 e. The lowest BCUT2D eigenvalue weighted by Gasteiger charge is -2.24. The van der Waals surface area contributed by atoms with Crippen LogP contribution in [0.15, 0.2) is 12.3 Å². The van der Waals surface area contributed by atoms with Crippen LogP contribution in [0, 0.1) is 11.8 Å². The lowest BCUT2D eigenvalue weighted by molar-refractivity contribution is 0.0733. The Morgan fingerprint density at radius 3 is 2.50 bits per heavy atom. The molecule has 1 aliphatic heterocycles. The fourth-order valence-corrected chi connectivity index (χ4v) is 3.02. The van der Waals surface area contributed by atoms with E-state index in [0.29, 0.717) is 23.6 Å². The van der Waals surface area contributed by atoms with Gasteiger partial charge in [-0.15, -0.1) is 0 Å². The highest BCUT2D eigenvalue weighted by Crippen LogP contribution is 2.17. The first-order valence-corrected chi connectivity index (χ1v) is 9.52. The second-order valence-corrected chi connectivity index (χ2v) is 7.84. The van der Waals surface area contributed by atoms with Gasteiger partial charge in [0.25, 0.3) is 5.91 Å². The van der Waals surface area contributed by atoms with Gasteiger partial charge in [0.2, 0.25) is 0 Å². The van der Waals surface area contributed by atoms with Crippen molar-refractivity contribution in [3.05, 3.63) is 18.0 Å². The van der Waals surface area contributed by atoms with E-state index in [1.54, 1.807) is 0 Å². The third kappa shape index (κ3) is 5.62. The molecule has 0 radical (unpaired) electrons. The summed E-state index contributed by atoms with van der Waals surface area (Å²) in [7, 11) is 0. The molecule has 5 heteroatoms. The molecule has 0 spiro atoms. The molecule has 136 valence electrons. The maximum atomic E-state index is 12.9. The summed E-state index contributed by atoms with van der Waals surface area (Å²) in [6.07, 6.45) is 6.34. The van der Waals surface area contributed by atoms with Gasteiger partial charge in [-0.3, -0.25) is 9.48 Å². The van der Waals surface area contributed by atoms with Crippen LogP contribution in [-0.2, 0) is 0 Å². The highest BCUT2D eigenvalue weighted by molar-refractivity contribution is 5.92. The minimum Gasteiger partial charge on any atom is -0.337 e. The molecule has 1 N–H and O–H groups in total. The third-order valence-corrected chi connectivity index (χ3v) is 4.71. The number of piperidine rings is 1. The Hall–Kier alpha value is -1.36. The molecule has 1 amide bonds. The average Bonchev–Trinajstić information content (AvgIpc) is 3.04. The number of nitrogens with zero attached hydrogens (tertiary/aromatic N) is 3. The number of hydrogen-bond acceptors (Lipinski definition) is 3. The van der Waals surface area contributed by atoms with Gasteiger partial charge in [0.15, 0.2) is 0 Å². The van der Waals surface area contributed by atoms with Crippen LogP contribution in [0.4, 0.5) is 0 Å². The second kappa shape index (κ2) is 9.21. The molecule has 1 saturated heterocycles. The number of hydrogen-bond donors (Lipinski definition) is 1. The van der Waals surface area contributed by atoms with E-state index in [0.717, 1.165) is 45.4 Å². The number of nitrogens with one attached hydrogen (secondary N) is 1. The molecule has 1 aromatic heterocycles. The van der Waals surface area contributed by atoms with Crippen LogP contribution in [-0.4, -0.2) is 46.8 Å². The van der Waals surface area contributed by atoms with Crippen molar-refractivity contribution in [2.45, 2.75) is 59.4 Å². The normalized spacial score (nSPS) is 18.3. The van der Waals surface area contributed by atoms with E-state index in [9.17, 15) is 4.79 Å². The molecule has 2 rings (SSSR count). The Kier molecular flexibility index (Phi) is 7.28. The van der Waals surface area contributed by atoms with Gasteiger partial charge in [-0.05, 0) is 50.1 Å². The topological polar surface area (TPSA) is 50.2 Å². The van der Waals surface area contributed by atoms with Crippen molar-refractivity contribution in [1.82, 2.24) is 20.0 Å². The molecule has 1 fully saturated rings. The van der Waals surface area contributed by atoms with E-state index in [1.807, 2.05) is 21.8 Å². The molecule has 5 nitrogen and oxygen atoms in total. The first kappa shape index (κ1) is 19.0. The van der Waals surface area contributed by atoms with Crippen LogP contribution in [0.5, 0.6) is 0 Å². The summed E-state index contributed by atoms with van der Waals surface area (Å²) >= 11 is 0. The summed E-state index contributed by atoms with van der Waals surface area (Å²) in [6, 6.07) is 2.26. The van der Waals surface area contributed by atoms with Crippen LogP contribution >= 0.6 is 0 Å². The summed E-state index contributed by atoms with van der Waals surface area (Å²) in [5, 5.41) is 8.00. The van der Waals surface area contributed by atoms with Crippen molar-refractivity contribution < 1.29 is 4.79 Å². The van der Waals surface area contributed by atoms with Gasteiger partial charge < -0.3 is 10.2 Å². The maximum Gasteiger partial charge on any atom is 0.274 e. The predicted molar refractivity (Wildman–Crippen MR) is 98.2 cm³/mol. The molecule has 2 heterocycles. The Labute approximate surface area is 146 Å². The minimum absolute atomic E-state index is 0.0822. The fourth-order valence-electron chi connectivity index (χ4n) is 3.02. The number of carbonyl (C=O) groups excluding carboxylic acids is 1. The zero-order valence-corrected chi connectivity index (χ0v) is 15.8. The molecular formula is C19H34N4O. The lowest BCUT2D eigenvalue weighted by atomic mass is 10.1. The Bertz CT molecular complexity index is 491. The van der Waals surface area contributed by atoms with E-state index in [2.05, 4.69) is 38.1 Å². The van der Waals surface area contributed by atoms with E-state index < -0.39 is 0 Å². The standard InChI is InChI=1S/C19H34N4O/c1-15(2)7-11-22(12-8-16(3)4)19(24)18-9-13-23(21-18)17-6-5-10-20-14-17/h9,13,15-17,20H,5-8,10-12,14H2,1-4H3. The van der Waals surface area contributed by atoms with Crippen LogP contribution in [0.25, 0.3) is 0 Å². The molecule has 0 bridgehead atoms. The zero-order valence-electron chi connectivity index (χ0n) is 15.8. The summed E-state index contributed by atoms with van der Waals surface area (Å²) < 4.78 is 1.97. The summed E-state index contributed by atoms with van der Waals surface area (Å²) in [4.78, 5) is 14.9. The summed E-state index contributed by atoms with van der Waals surface area (Å²) in [5.74, 6) is 1.29. The van der Waals surface area contributed by atoms with Crippen LogP contribution in [0.2, 0.25) is 0 Å². The molecule has 1 unspecified atom stereocenters. The number of rotatable bonds is 8. The largest absolute Gasteiger partial charge is 0.337 e. The number of carbonyl (C=O) groups is 1. The van der Waals surface area contributed by atoms with Crippen LogP contribution < -0.4 is 5.32 Å².